The van der Waals surface area contributed by atoms with E-state index in [1.807, 2.05) is 19.1 Å². The van der Waals surface area contributed by atoms with Crippen molar-refractivity contribution >= 4 is 11.6 Å². The van der Waals surface area contributed by atoms with Gasteiger partial charge in [0.15, 0.2) is 0 Å². The van der Waals surface area contributed by atoms with Gasteiger partial charge in [0, 0.05) is 38.5 Å². The predicted molar refractivity (Wildman–Crippen MR) is 94.3 cm³/mol. The molecule has 3 aliphatic heterocycles. The van der Waals surface area contributed by atoms with Crippen molar-refractivity contribution in [1.82, 2.24) is 9.88 Å². The third kappa shape index (κ3) is 3.57. The van der Waals surface area contributed by atoms with Crippen LogP contribution in [0.4, 0.5) is 5.69 Å². The molecule has 0 aromatic carbocycles. The Hall–Kier alpha value is -1.50. The summed E-state index contributed by atoms with van der Waals surface area (Å²) in [7, 11) is 0. The van der Waals surface area contributed by atoms with Crippen LogP contribution in [-0.2, 0) is 14.3 Å². The lowest BCUT2D eigenvalue weighted by Gasteiger charge is -2.32. The number of hydrogen-bond acceptors (Lipinski definition) is 5. The number of fused-ring (bicyclic) bond motifs is 1. The molecule has 0 radical (unpaired) electrons. The Morgan fingerprint density at radius 3 is 2.88 bits per heavy atom. The smallest absolute Gasteiger partial charge is 0.230 e. The summed E-state index contributed by atoms with van der Waals surface area (Å²) < 4.78 is 11.3. The van der Waals surface area contributed by atoms with Crippen molar-refractivity contribution < 1.29 is 14.3 Å². The minimum absolute atomic E-state index is 0.0691. The number of anilines is 1. The third-order valence-electron chi connectivity index (χ3n) is 5.97. The Bertz CT molecular complexity index is 618. The highest BCUT2D eigenvalue weighted by Crippen LogP contribution is 2.37. The van der Waals surface area contributed by atoms with E-state index in [1.54, 1.807) is 6.20 Å². The first-order valence-corrected chi connectivity index (χ1v) is 9.34. The van der Waals surface area contributed by atoms with Crippen LogP contribution < -0.4 is 5.32 Å². The third-order valence-corrected chi connectivity index (χ3v) is 5.97. The summed E-state index contributed by atoms with van der Waals surface area (Å²) in [6.07, 6.45) is 3.95. The molecular weight excluding hydrogens is 318 g/mol. The number of nitrogens with zero attached hydrogens (tertiary/aromatic N) is 2. The first-order chi connectivity index (χ1) is 12.2. The molecule has 1 aromatic rings. The molecule has 0 spiro atoms. The highest BCUT2D eigenvalue weighted by Gasteiger charge is 2.45. The van der Waals surface area contributed by atoms with E-state index in [9.17, 15) is 4.79 Å². The van der Waals surface area contributed by atoms with Gasteiger partial charge in [-0.3, -0.25) is 14.7 Å². The zero-order valence-corrected chi connectivity index (χ0v) is 14.8. The Kier molecular flexibility index (Phi) is 5.01. The Morgan fingerprint density at radius 2 is 2.08 bits per heavy atom. The summed E-state index contributed by atoms with van der Waals surface area (Å²) in [5.74, 6) is 0.832. The molecule has 25 heavy (non-hydrogen) atoms. The van der Waals surface area contributed by atoms with Gasteiger partial charge in [-0.05, 0) is 43.7 Å². The van der Waals surface area contributed by atoms with Gasteiger partial charge in [0.1, 0.15) is 0 Å². The molecule has 0 bridgehead atoms. The summed E-state index contributed by atoms with van der Waals surface area (Å²) in [6, 6.07) is 4.36. The van der Waals surface area contributed by atoms with Crippen LogP contribution in [0.5, 0.6) is 0 Å². The van der Waals surface area contributed by atoms with Gasteiger partial charge >= 0.3 is 0 Å². The van der Waals surface area contributed by atoms with Gasteiger partial charge in [-0.1, -0.05) is 0 Å². The van der Waals surface area contributed by atoms with E-state index < -0.39 is 0 Å². The number of amides is 1. The number of carbonyl (C=O) groups excluding carboxylic acids is 1. The minimum atomic E-state index is -0.0804. The molecule has 0 unspecified atom stereocenters. The topological polar surface area (TPSA) is 63.7 Å². The van der Waals surface area contributed by atoms with Crippen molar-refractivity contribution in [2.24, 2.45) is 17.8 Å². The van der Waals surface area contributed by atoms with Crippen LogP contribution in [0.15, 0.2) is 18.3 Å². The predicted octanol–water partition coefficient (Wildman–Crippen LogP) is 1.70. The summed E-state index contributed by atoms with van der Waals surface area (Å²) >= 11 is 0. The van der Waals surface area contributed by atoms with Crippen LogP contribution in [-0.4, -0.2) is 61.3 Å². The maximum atomic E-state index is 12.9. The molecule has 4 rings (SSSR count). The highest BCUT2D eigenvalue weighted by atomic mass is 16.5. The first kappa shape index (κ1) is 16.9. The second-order valence-corrected chi connectivity index (χ2v) is 7.49. The lowest BCUT2D eigenvalue weighted by molar-refractivity contribution is -0.128. The second kappa shape index (κ2) is 7.40. The number of pyridine rings is 1. The fraction of sp³-hybridized carbons (Fsp3) is 0.684. The number of nitrogens with one attached hydrogen (secondary N) is 1. The molecule has 4 heterocycles. The fourth-order valence-electron chi connectivity index (χ4n) is 4.49. The second-order valence-electron chi connectivity index (χ2n) is 7.49. The van der Waals surface area contributed by atoms with Crippen molar-refractivity contribution in [3.05, 3.63) is 24.0 Å². The van der Waals surface area contributed by atoms with Crippen LogP contribution in [0, 0.1) is 24.7 Å². The standard InChI is InChI=1S/C19H27N3O3/c1-13-18(3-2-6-20-13)21-19(23)17-12-25-11-14-9-22(10-16(14)17)15-4-7-24-8-5-15/h2-3,6,14-17H,4-5,7-12H2,1H3,(H,21,23)/t14-,16-,17+/m0/s1. The Labute approximate surface area is 148 Å². The van der Waals surface area contributed by atoms with Crippen molar-refractivity contribution in [1.29, 1.82) is 0 Å². The molecule has 1 amide bonds. The van der Waals surface area contributed by atoms with E-state index in [4.69, 9.17) is 9.47 Å². The van der Waals surface area contributed by atoms with Gasteiger partial charge < -0.3 is 14.8 Å². The van der Waals surface area contributed by atoms with Gasteiger partial charge in [-0.2, -0.15) is 0 Å². The van der Waals surface area contributed by atoms with Gasteiger partial charge in [-0.25, -0.2) is 0 Å². The number of rotatable bonds is 3. The molecule has 3 fully saturated rings. The van der Waals surface area contributed by atoms with Crippen LogP contribution in [0.25, 0.3) is 0 Å². The highest BCUT2D eigenvalue weighted by molar-refractivity contribution is 5.93. The Morgan fingerprint density at radius 1 is 1.24 bits per heavy atom. The summed E-state index contributed by atoms with van der Waals surface area (Å²) in [5, 5.41) is 3.07. The average molecular weight is 345 g/mol. The van der Waals surface area contributed by atoms with Crippen molar-refractivity contribution in [3.63, 3.8) is 0 Å². The van der Waals surface area contributed by atoms with Gasteiger partial charge in [0.2, 0.25) is 5.91 Å². The zero-order valence-electron chi connectivity index (χ0n) is 14.8. The van der Waals surface area contributed by atoms with Crippen LogP contribution in [0.2, 0.25) is 0 Å². The molecule has 3 atom stereocenters. The first-order valence-electron chi connectivity index (χ1n) is 9.34. The van der Waals surface area contributed by atoms with E-state index in [0.29, 0.717) is 24.5 Å². The maximum Gasteiger partial charge on any atom is 0.230 e. The lowest BCUT2D eigenvalue weighted by atomic mass is 9.82. The number of likely N-dealkylation sites (tertiary alicyclic amines) is 1. The molecule has 0 saturated carbocycles. The molecule has 1 aromatic heterocycles. The monoisotopic (exact) mass is 345 g/mol. The van der Waals surface area contributed by atoms with Crippen molar-refractivity contribution in [2.45, 2.75) is 25.8 Å². The number of carbonyl (C=O) groups is 1. The molecule has 6 heteroatoms. The van der Waals surface area contributed by atoms with E-state index >= 15 is 0 Å². The normalized spacial score (nSPS) is 30.8. The minimum Gasteiger partial charge on any atom is -0.381 e. The lowest BCUT2D eigenvalue weighted by Crippen LogP contribution is -2.42. The van der Waals surface area contributed by atoms with Crippen molar-refractivity contribution in [2.75, 3.05) is 44.8 Å². The van der Waals surface area contributed by atoms with E-state index in [0.717, 1.165) is 57.1 Å². The molecular formula is C19H27N3O3. The van der Waals surface area contributed by atoms with Crippen molar-refractivity contribution in [3.8, 4) is 0 Å². The van der Waals surface area contributed by atoms with Crippen LogP contribution >= 0.6 is 0 Å². The summed E-state index contributed by atoms with van der Waals surface area (Å²) in [4.78, 5) is 19.7. The quantitative estimate of drug-likeness (QED) is 0.903. The number of ether oxygens (including phenoxy) is 2. The SMILES string of the molecule is Cc1ncccc1NC(=O)[C@@H]1COC[C@@H]2CN(C3CCOCC3)C[C@@H]21. The molecule has 1 N–H and O–H groups in total. The van der Waals surface area contributed by atoms with Crippen LogP contribution in [0.3, 0.4) is 0 Å². The van der Waals surface area contributed by atoms with E-state index in [1.165, 1.54) is 0 Å². The summed E-state index contributed by atoms with van der Waals surface area (Å²) in [6.45, 7) is 6.98. The maximum absolute atomic E-state index is 12.9. The van der Waals surface area contributed by atoms with Gasteiger partial charge in [-0.15, -0.1) is 0 Å². The molecule has 136 valence electrons. The fourth-order valence-corrected chi connectivity index (χ4v) is 4.49. The molecule has 6 nitrogen and oxygen atoms in total. The van der Waals surface area contributed by atoms with E-state index in [-0.39, 0.29) is 11.8 Å². The molecule has 3 aliphatic rings. The van der Waals surface area contributed by atoms with Crippen LogP contribution in [0.1, 0.15) is 18.5 Å². The Balaban J connectivity index is 1.43. The largest absolute Gasteiger partial charge is 0.381 e. The molecule has 3 saturated heterocycles. The molecule has 0 aliphatic carbocycles. The number of hydrogen-bond donors (Lipinski definition) is 1. The number of aryl methyl sites for hydroxylation is 1. The van der Waals surface area contributed by atoms with Gasteiger partial charge in [0.25, 0.3) is 0 Å². The summed E-state index contributed by atoms with van der Waals surface area (Å²) in [5.41, 5.74) is 1.65. The van der Waals surface area contributed by atoms with E-state index in [2.05, 4.69) is 15.2 Å². The average Bonchev–Trinajstić information content (AvgIpc) is 3.08. The zero-order chi connectivity index (χ0) is 17.2. The van der Waals surface area contributed by atoms with Gasteiger partial charge in [0.05, 0.1) is 30.5 Å². The number of aromatic nitrogens is 1.